The second kappa shape index (κ2) is 6.40. The average molecular weight is 287 g/mol. The zero-order valence-corrected chi connectivity index (χ0v) is 12.1. The average Bonchev–Trinajstić information content (AvgIpc) is 2.50. The molecular weight excluding hydrogens is 268 g/mol. The van der Waals surface area contributed by atoms with Crippen LogP contribution in [0.5, 0.6) is 0 Å². The fraction of sp³-hybridized carbons (Fsp3) is 0.294. The van der Waals surface area contributed by atoms with Crippen LogP contribution in [0.3, 0.4) is 0 Å². The second-order valence-corrected chi connectivity index (χ2v) is 5.67. The van der Waals surface area contributed by atoms with Gasteiger partial charge < -0.3 is 10.6 Å². The number of benzene rings is 2. The van der Waals surface area contributed by atoms with Gasteiger partial charge in [0.2, 0.25) is 0 Å². The van der Waals surface area contributed by atoms with Crippen molar-refractivity contribution in [3.8, 4) is 0 Å². The van der Waals surface area contributed by atoms with Gasteiger partial charge in [-0.3, -0.25) is 0 Å². The Balaban J connectivity index is 1.78. The van der Waals surface area contributed by atoms with Gasteiger partial charge in [0.1, 0.15) is 0 Å². The number of nitrogens with one attached hydrogen (secondary N) is 2. The van der Waals surface area contributed by atoms with E-state index in [1.165, 1.54) is 11.1 Å². The molecule has 1 saturated heterocycles. The Morgan fingerprint density at radius 2 is 1.60 bits per heavy atom. The van der Waals surface area contributed by atoms with E-state index in [1.807, 2.05) is 12.1 Å². The molecule has 3 heteroatoms. The van der Waals surface area contributed by atoms with Crippen molar-refractivity contribution in [3.63, 3.8) is 0 Å². The summed E-state index contributed by atoms with van der Waals surface area (Å²) < 4.78 is 0. The molecule has 1 heterocycles. The van der Waals surface area contributed by atoms with Gasteiger partial charge in [0.15, 0.2) is 0 Å². The Morgan fingerprint density at radius 1 is 0.900 bits per heavy atom. The summed E-state index contributed by atoms with van der Waals surface area (Å²) in [5, 5.41) is 8.04. The molecular formula is C17H19ClN2. The molecule has 1 aliphatic rings. The summed E-state index contributed by atoms with van der Waals surface area (Å²) in [4.78, 5) is 0. The van der Waals surface area contributed by atoms with Gasteiger partial charge in [0, 0.05) is 30.2 Å². The van der Waals surface area contributed by atoms with Crippen LogP contribution in [0.1, 0.15) is 17.2 Å². The van der Waals surface area contributed by atoms with E-state index in [0.29, 0.717) is 12.1 Å². The van der Waals surface area contributed by atoms with Crippen LogP contribution in [0.4, 0.5) is 0 Å². The molecule has 0 aliphatic carbocycles. The van der Waals surface area contributed by atoms with Crippen LogP contribution in [0.15, 0.2) is 54.6 Å². The first-order chi connectivity index (χ1) is 9.83. The van der Waals surface area contributed by atoms with Gasteiger partial charge >= 0.3 is 0 Å². The lowest BCUT2D eigenvalue weighted by Gasteiger charge is -2.34. The standard InChI is InChI=1S/C17H19ClN2/c18-15-8-6-14(7-9-15)17-16(19-10-11-20-17)12-13-4-2-1-3-5-13/h1-9,16-17,19-20H,10-12H2/t16?,17-/m0/s1. The number of hydrogen-bond acceptors (Lipinski definition) is 2. The Hall–Kier alpha value is -1.35. The molecule has 1 fully saturated rings. The molecule has 0 bridgehead atoms. The Kier molecular flexibility index (Phi) is 4.36. The molecule has 0 radical (unpaired) electrons. The van der Waals surface area contributed by atoms with E-state index in [0.717, 1.165) is 24.5 Å². The monoisotopic (exact) mass is 286 g/mol. The minimum Gasteiger partial charge on any atom is -0.310 e. The summed E-state index contributed by atoms with van der Waals surface area (Å²) in [6.45, 7) is 2.01. The van der Waals surface area contributed by atoms with Gasteiger partial charge in [-0.15, -0.1) is 0 Å². The molecule has 2 atom stereocenters. The minimum atomic E-state index is 0.334. The maximum atomic E-state index is 5.98. The maximum absolute atomic E-state index is 5.98. The van der Waals surface area contributed by atoms with E-state index >= 15 is 0 Å². The van der Waals surface area contributed by atoms with Crippen molar-refractivity contribution in [2.45, 2.75) is 18.5 Å². The molecule has 3 rings (SSSR count). The molecule has 2 nitrogen and oxygen atoms in total. The quantitative estimate of drug-likeness (QED) is 0.905. The van der Waals surface area contributed by atoms with Gasteiger partial charge in [-0.05, 0) is 29.7 Å². The maximum Gasteiger partial charge on any atom is 0.0479 e. The van der Waals surface area contributed by atoms with Crippen LogP contribution in [-0.4, -0.2) is 19.1 Å². The molecule has 104 valence electrons. The van der Waals surface area contributed by atoms with E-state index in [2.05, 4.69) is 53.1 Å². The number of hydrogen-bond donors (Lipinski definition) is 2. The summed E-state index contributed by atoms with van der Waals surface area (Å²) in [5.74, 6) is 0. The van der Waals surface area contributed by atoms with Gasteiger partial charge in [-0.1, -0.05) is 54.1 Å². The number of halogens is 1. The first-order valence-corrected chi connectivity index (χ1v) is 7.47. The summed E-state index contributed by atoms with van der Waals surface area (Å²) in [7, 11) is 0. The molecule has 1 aliphatic heterocycles. The third kappa shape index (κ3) is 3.21. The molecule has 0 spiro atoms. The fourth-order valence-electron chi connectivity index (χ4n) is 2.82. The van der Waals surface area contributed by atoms with Gasteiger partial charge in [0.05, 0.1) is 0 Å². The zero-order chi connectivity index (χ0) is 13.8. The van der Waals surface area contributed by atoms with Crippen LogP contribution in [0, 0.1) is 0 Å². The highest BCUT2D eigenvalue weighted by atomic mass is 35.5. The highest BCUT2D eigenvalue weighted by molar-refractivity contribution is 6.30. The van der Waals surface area contributed by atoms with Crippen LogP contribution in [0.25, 0.3) is 0 Å². The summed E-state index contributed by atoms with van der Waals surface area (Å²) >= 11 is 5.98. The highest BCUT2D eigenvalue weighted by Gasteiger charge is 2.25. The van der Waals surface area contributed by atoms with Crippen molar-refractivity contribution in [2.75, 3.05) is 13.1 Å². The van der Waals surface area contributed by atoms with E-state index in [4.69, 9.17) is 11.6 Å². The SMILES string of the molecule is Clc1ccc([C@@H]2NCCNC2Cc2ccccc2)cc1. The third-order valence-corrected chi connectivity index (χ3v) is 4.08. The van der Waals surface area contributed by atoms with E-state index in [9.17, 15) is 0 Å². The predicted octanol–water partition coefficient (Wildman–Crippen LogP) is 3.19. The lowest BCUT2D eigenvalue weighted by atomic mass is 9.92. The zero-order valence-electron chi connectivity index (χ0n) is 11.4. The van der Waals surface area contributed by atoms with Crippen molar-refractivity contribution in [3.05, 3.63) is 70.7 Å². The normalized spacial score (nSPS) is 22.6. The number of piperazine rings is 1. The minimum absolute atomic E-state index is 0.334. The predicted molar refractivity (Wildman–Crippen MR) is 84.1 cm³/mol. The molecule has 0 aromatic heterocycles. The van der Waals surface area contributed by atoms with E-state index < -0.39 is 0 Å². The van der Waals surface area contributed by atoms with Gasteiger partial charge in [-0.2, -0.15) is 0 Å². The second-order valence-electron chi connectivity index (χ2n) is 5.23. The lowest BCUT2D eigenvalue weighted by Crippen LogP contribution is -2.51. The third-order valence-electron chi connectivity index (χ3n) is 3.83. The summed E-state index contributed by atoms with van der Waals surface area (Å²) in [6.07, 6.45) is 1.03. The molecule has 20 heavy (non-hydrogen) atoms. The molecule has 0 saturated carbocycles. The van der Waals surface area contributed by atoms with E-state index in [-0.39, 0.29) is 0 Å². The molecule has 2 N–H and O–H groups in total. The summed E-state index contributed by atoms with van der Waals surface area (Å²) in [6, 6.07) is 19.5. The van der Waals surface area contributed by atoms with Gasteiger partial charge in [0.25, 0.3) is 0 Å². The van der Waals surface area contributed by atoms with Crippen molar-refractivity contribution in [1.82, 2.24) is 10.6 Å². The van der Waals surface area contributed by atoms with Crippen LogP contribution in [-0.2, 0) is 6.42 Å². The topological polar surface area (TPSA) is 24.1 Å². The molecule has 1 unspecified atom stereocenters. The Labute approximate surface area is 125 Å². The smallest absolute Gasteiger partial charge is 0.0479 e. The van der Waals surface area contributed by atoms with Crippen molar-refractivity contribution < 1.29 is 0 Å². The van der Waals surface area contributed by atoms with Crippen LogP contribution in [0.2, 0.25) is 5.02 Å². The fourth-order valence-corrected chi connectivity index (χ4v) is 2.95. The van der Waals surface area contributed by atoms with Crippen molar-refractivity contribution in [1.29, 1.82) is 0 Å². The largest absolute Gasteiger partial charge is 0.310 e. The molecule has 2 aromatic rings. The Bertz CT molecular complexity index is 539. The lowest BCUT2D eigenvalue weighted by molar-refractivity contribution is 0.325. The Morgan fingerprint density at radius 3 is 2.35 bits per heavy atom. The first kappa shape index (κ1) is 13.6. The first-order valence-electron chi connectivity index (χ1n) is 7.09. The number of rotatable bonds is 3. The van der Waals surface area contributed by atoms with Crippen LogP contribution < -0.4 is 10.6 Å². The van der Waals surface area contributed by atoms with Crippen molar-refractivity contribution >= 4 is 11.6 Å². The van der Waals surface area contributed by atoms with Crippen molar-refractivity contribution in [2.24, 2.45) is 0 Å². The highest BCUT2D eigenvalue weighted by Crippen LogP contribution is 2.23. The molecule has 2 aromatic carbocycles. The van der Waals surface area contributed by atoms with Gasteiger partial charge in [-0.25, -0.2) is 0 Å². The summed E-state index contributed by atoms with van der Waals surface area (Å²) in [5.41, 5.74) is 2.66. The van der Waals surface area contributed by atoms with Crippen LogP contribution >= 0.6 is 11.6 Å². The molecule has 0 amide bonds. The van der Waals surface area contributed by atoms with E-state index in [1.54, 1.807) is 0 Å².